The molecule has 112 valence electrons. The van der Waals surface area contributed by atoms with Crippen LogP contribution in [-0.4, -0.2) is 21.1 Å². The van der Waals surface area contributed by atoms with Crippen LogP contribution in [0.4, 0.5) is 18.9 Å². The molecule has 0 aromatic carbocycles. The molecule has 2 aromatic heterocycles. The first-order valence-electron chi connectivity index (χ1n) is 6.38. The molecule has 1 unspecified atom stereocenters. The molecule has 1 aliphatic rings. The molecule has 0 spiro atoms. The zero-order valence-electron chi connectivity index (χ0n) is 11.1. The Morgan fingerprint density at radius 1 is 1.29 bits per heavy atom. The summed E-state index contributed by atoms with van der Waals surface area (Å²) in [7, 11) is 0. The standard InChI is InChI=1S/C13H12BrF3N4/c1-8-12-19-11(13(15,16)17)7-20(12)2-3-21(8)10-4-9(14)5-18-6-10/h4-8H,2-3H2,1H3. The van der Waals surface area contributed by atoms with E-state index in [1.165, 1.54) is 0 Å². The summed E-state index contributed by atoms with van der Waals surface area (Å²) in [5.74, 6) is 0.425. The number of hydrogen-bond acceptors (Lipinski definition) is 3. The summed E-state index contributed by atoms with van der Waals surface area (Å²) in [6.07, 6.45) is 0.0416. The number of pyridine rings is 1. The highest BCUT2D eigenvalue weighted by Crippen LogP contribution is 2.34. The van der Waals surface area contributed by atoms with Crippen LogP contribution < -0.4 is 4.90 Å². The lowest BCUT2D eigenvalue weighted by atomic mass is 10.2. The Bertz CT molecular complexity index is 668. The van der Waals surface area contributed by atoms with Crippen molar-refractivity contribution in [2.45, 2.75) is 25.7 Å². The molecule has 4 nitrogen and oxygen atoms in total. The minimum absolute atomic E-state index is 0.244. The Hall–Kier alpha value is -1.57. The van der Waals surface area contributed by atoms with E-state index in [1.807, 2.05) is 17.9 Å². The van der Waals surface area contributed by atoms with Crippen molar-refractivity contribution in [3.63, 3.8) is 0 Å². The van der Waals surface area contributed by atoms with Crippen molar-refractivity contribution < 1.29 is 13.2 Å². The van der Waals surface area contributed by atoms with Crippen LogP contribution in [0.2, 0.25) is 0 Å². The van der Waals surface area contributed by atoms with Gasteiger partial charge in [-0.3, -0.25) is 4.98 Å². The highest BCUT2D eigenvalue weighted by Gasteiger charge is 2.37. The molecule has 0 amide bonds. The van der Waals surface area contributed by atoms with E-state index in [0.717, 1.165) is 16.4 Å². The molecule has 0 saturated carbocycles. The summed E-state index contributed by atoms with van der Waals surface area (Å²) < 4.78 is 40.7. The second-order valence-corrected chi connectivity index (χ2v) is 5.82. The summed E-state index contributed by atoms with van der Waals surface area (Å²) >= 11 is 3.35. The van der Waals surface area contributed by atoms with Gasteiger partial charge in [-0.2, -0.15) is 13.2 Å². The van der Waals surface area contributed by atoms with Gasteiger partial charge in [0.15, 0.2) is 5.69 Å². The molecule has 0 bridgehead atoms. The topological polar surface area (TPSA) is 34.0 Å². The Balaban J connectivity index is 1.95. The van der Waals surface area contributed by atoms with E-state index in [1.54, 1.807) is 17.0 Å². The van der Waals surface area contributed by atoms with Gasteiger partial charge in [0.25, 0.3) is 0 Å². The van der Waals surface area contributed by atoms with Gasteiger partial charge in [-0.05, 0) is 28.9 Å². The number of rotatable bonds is 1. The van der Waals surface area contributed by atoms with Crippen molar-refractivity contribution in [2.24, 2.45) is 0 Å². The van der Waals surface area contributed by atoms with Crippen LogP contribution in [0.25, 0.3) is 0 Å². The highest BCUT2D eigenvalue weighted by molar-refractivity contribution is 9.10. The fraction of sp³-hybridized carbons (Fsp3) is 0.385. The largest absolute Gasteiger partial charge is 0.434 e. The van der Waals surface area contributed by atoms with Crippen molar-refractivity contribution >= 4 is 21.6 Å². The predicted octanol–water partition coefficient (Wildman–Crippen LogP) is 3.64. The van der Waals surface area contributed by atoms with Crippen LogP contribution >= 0.6 is 15.9 Å². The molecule has 3 heterocycles. The molecule has 2 aromatic rings. The average Bonchev–Trinajstić information content (AvgIpc) is 2.84. The summed E-state index contributed by atoms with van der Waals surface area (Å²) in [6.45, 7) is 2.92. The maximum Gasteiger partial charge on any atom is 0.434 e. The third-order valence-corrected chi connectivity index (χ3v) is 3.98. The van der Waals surface area contributed by atoms with E-state index < -0.39 is 11.9 Å². The molecule has 3 rings (SSSR count). The molecule has 1 atom stereocenters. The van der Waals surface area contributed by atoms with Gasteiger partial charge in [0, 0.05) is 30.0 Å². The second-order valence-electron chi connectivity index (χ2n) is 4.91. The maximum atomic E-state index is 12.8. The molecule has 0 aliphatic carbocycles. The Kier molecular flexibility index (Phi) is 3.43. The van der Waals surface area contributed by atoms with Crippen molar-refractivity contribution in [2.75, 3.05) is 11.4 Å². The Morgan fingerprint density at radius 3 is 2.71 bits per heavy atom. The van der Waals surface area contributed by atoms with E-state index in [4.69, 9.17) is 0 Å². The zero-order chi connectivity index (χ0) is 15.2. The number of halogens is 4. The van der Waals surface area contributed by atoms with Gasteiger partial charge in [-0.25, -0.2) is 4.98 Å². The number of fused-ring (bicyclic) bond motifs is 1. The van der Waals surface area contributed by atoms with Crippen LogP contribution in [0.15, 0.2) is 29.1 Å². The smallest absolute Gasteiger partial charge is 0.359 e. The molecule has 8 heteroatoms. The highest BCUT2D eigenvalue weighted by atomic mass is 79.9. The third kappa shape index (κ3) is 2.64. The lowest BCUT2D eigenvalue weighted by molar-refractivity contribution is -0.141. The minimum atomic E-state index is -4.41. The SMILES string of the molecule is CC1c2nc(C(F)(F)F)cn2CCN1c1cncc(Br)c1. The van der Waals surface area contributed by atoms with Crippen molar-refractivity contribution in [1.29, 1.82) is 0 Å². The third-order valence-electron chi connectivity index (χ3n) is 3.54. The van der Waals surface area contributed by atoms with Gasteiger partial charge in [-0.1, -0.05) is 0 Å². The fourth-order valence-electron chi connectivity index (χ4n) is 2.54. The number of aromatic nitrogens is 3. The van der Waals surface area contributed by atoms with Gasteiger partial charge in [0.1, 0.15) is 5.82 Å². The summed E-state index contributed by atoms with van der Waals surface area (Å²) in [5, 5.41) is 0. The number of hydrogen-bond donors (Lipinski definition) is 0. The molecule has 0 radical (unpaired) electrons. The van der Waals surface area contributed by atoms with Crippen LogP contribution in [0.5, 0.6) is 0 Å². The average molecular weight is 361 g/mol. The first-order chi connectivity index (χ1) is 9.86. The molecular formula is C13H12BrF3N4. The quantitative estimate of drug-likeness (QED) is 0.778. The van der Waals surface area contributed by atoms with Crippen molar-refractivity contribution in [3.8, 4) is 0 Å². The number of alkyl halides is 3. The first-order valence-corrected chi connectivity index (χ1v) is 7.17. The molecule has 0 saturated heterocycles. The normalized spacial score (nSPS) is 18.7. The molecule has 1 aliphatic heterocycles. The first kappa shape index (κ1) is 14.4. The van der Waals surface area contributed by atoms with Crippen molar-refractivity contribution in [3.05, 3.63) is 40.6 Å². The van der Waals surface area contributed by atoms with Gasteiger partial charge < -0.3 is 9.47 Å². The van der Waals surface area contributed by atoms with E-state index in [2.05, 4.69) is 25.9 Å². The number of imidazole rings is 1. The van der Waals surface area contributed by atoms with E-state index >= 15 is 0 Å². The van der Waals surface area contributed by atoms with E-state index in [9.17, 15) is 13.2 Å². The van der Waals surface area contributed by atoms with E-state index in [-0.39, 0.29) is 6.04 Å². The lowest BCUT2D eigenvalue weighted by Crippen LogP contribution is -2.37. The van der Waals surface area contributed by atoms with Gasteiger partial charge >= 0.3 is 6.18 Å². The lowest BCUT2D eigenvalue weighted by Gasteiger charge is -2.35. The summed E-state index contributed by atoms with van der Waals surface area (Å²) in [6, 6.07) is 1.65. The van der Waals surface area contributed by atoms with Crippen LogP contribution in [-0.2, 0) is 12.7 Å². The monoisotopic (exact) mass is 360 g/mol. The van der Waals surface area contributed by atoms with Gasteiger partial charge in [0.05, 0.1) is 17.9 Å². The number of anilines is 1. The zero-order valence-corrected chi connectivity index (χ0v) is 12.7. The van der Waals surface area contributed by atoms with Crippen molar-refractivity contribution in [1.82, 2.24) is 14.5 Å². The molecule has 0 N–H and O–H groups in total. The van der Waals surface area contributed by atoms with Gasteiger partial charge in [0.2, 0.25) is 0 Å². The molecule has 0 fully saturated rings. The maximum absolute atomic E-state index is 12.8. The predicted molar refractivity (Wildman–Crippen MR) is 74.9 cm³/mol. The van der Waals surface area contributed by atoms with E-state index in [0.29, 0.717) is 18.9 Å². The summed E-state index contributed by atoms with van der Waals surface area (Å²) in [4.78, 5) is 9.86. The summed E-state index contributed by atoms with van der Waals surface area (Å²) in [5.41, 5.74) is 0.0262. The number of nitrogens with zero attached hydrogens (tertiary/aromatic N) is 4. The Labute approximate surface area is 127 Å². The second kappa shape index (κ2) is 5.01. The minimum Gasteiger partial charge on any atom is -0.359 e. The molecule has 21 heavy (non-hydrogen) atoms. The van der Waals surface area contributed by atoms with Gasteiger partial charge in [-0.15, -0.1) is 0 Å². The fourth-order valence-corrected chi connectivity index (χ4v) is 2.89. The Morgan fingerprint density at radius 2 is 2.05 bits per heavy atom. The molecular weight excluding hydrogens is 349 g/mol. The van der Waals surface area contributed by atoms with Crippen LogP contribution in [0.1, 0.15) is 24.5 Å². The van der Waals surface area contributed by atoms with Crippen LogP contribution in [0.3, 0.4) is 0 Å². The van der Waals surface area contributed by atoms with Crippen LogP contribution in [0, 0.1) is 0 Å².